The molecule has 5 heteroatoms. The first-order chi connectivity index (χ1) is 7.06. The monoisotopic (exact) mass is 216 g/mol. The van der Waals surface area contributed by atoms with Crippen LogP contribution in [0.5, 0.6) is 0 Å². The van der Waals surface area contributed by atoms with E-state index < -0.39 is 6.09 Å². The molecule has 0 radical (unpaired) electrons. The van der Waals surface area contributed by atoms with Gasteiger partial charge in [-0.25, -0.2) is 4.79 Å². The molecule has 0 aromatic rings. The molecule has 0 saturated heterocycles. The Labute approximate surface area is 90.6 Å². The molecule has 0 spiro atoms. The number of hydrogen-bond acceptors (Lipinski definition) is 3. The van der Waals surface area contributed by atoms with E-state index in [4.69, 9.17) is 4.74 Å². The minimum atomic E-state index is -0.449. The molecule has 0 aliphatic rings. The van der Waals surface area contributed by atoms with Gasteiger partial charge in [0.25, 0.3) is 0 Å². The van der Waals surface area contributed by atoms with Crippen LogP contribution in [0.25, 0.3) is 0 Å². The van der Waals surface area contributed by atoms with Crippen LogP contribution in [0.2, 0.25) is 0 Å². The molecule has 0 aromatic heterocycles. The van der Waals surface area contributed by atoms with E-state index in [1.54, 1.807) is 13.8 Å². The first kappa shape index (κ1) is 13.7. The van der Waals surface area contributed by atoms with Gasteiger partial charge in [-0.05, 0) is 20.3 Å². The summed E-state index contributed by atoms with van der Waals surface area (Å²) in [5.41, 5.74) is 0. The molecule has 0 fully saturated rings. The summed E-state index contributed by atoms with van der Waals surface area (Å²) in [5, 5.41) is 5.22. The van der Waals surface area contributed by atoms with Crippen LogP contribution in [0.15, 0.2) is 0 Å². The fraction of sp³-hybridized carbons (Fsp3) is 0.800. The van der Waals surface area contributed by atoms with Crippen LogP contribution in [-0.2, 0) is 9.53 Å². The van der Waals surface area contributed by atoms with Gasteiger partial charge in [0.2, 0.25) is 5.91 Å². The molecule has 0 aromatic carbocycles. The van der Waals surface area contributed by atoms with Crippen LogP contribution in [-0.4, -0.2) is 31.2 Å². The van der Waals surface area contributed by atoms with Gasteiger partial charge in [0.05, 0.1) is 6.10 Å². The van der Waals surface area contributed by atoms with Crippen LogP contribution in [0.1, 0.15) is 33.6 Å². The zero-order chi connectivity index (χ0) is 11.7. The second-order valence-electron chi connectivity index (χ2n) is 3.48. The van der Waals surface area contributed by atoms with E-state index in [1.165, 1.54) is 0 Å². The molecule has 2 N–H and O–H groups in total. The predicted molar refractivity (Wildman–Crippen MR) is 57.5 cm³/mol. The van der Waals surface area contributed by atoms with Crippen molar-refractivity contribution in [2.45, 2.75) is 39.7 Å². The number of ether oxygens (including phenoxy) is 1. The first-order valence-electron chi connectivity index (χ1n) is 5.27. The summed E-state index contributed by atoms with van der Waals surface area (Å²) >= 11 is 0. The lowest BCUT2D eigenvalue weighted by Gasteiger charge is -2.09. The molecule has 0 heterocycles. The second-order valence-corrected chi connectivity index (χ2v) is 3.48. The van der Waals surface area contributed by atoms with E-state index in [9.17, 15) is 9.59 Å². The minimum Gasteiger partial charge on any atom is -0.447 e. The number of alkyl carbamates (subject to hydrolysis) is 1. The molecule has 0 unspecified atom stereocenters. The summed E-state index contributed by atoms with van der Waals surface area (Å²) in [5.74, 6) is 0.0107. The number of rotatable bonds is 6. The molecule has 5 nitrogen and oxygen atoms in total. The van der Waals surface area contributed by atoms with E-state index in [0.717, 1.165) is 6.42 Å². The average molecular weight is 216 g/mol. The highest BCUT2D eigenvalue weighted by molar-refractivity contribution is 5.75. The van der Waals surface area contributed by atoms with Crippen LogP contribution in [0.3, 0.4) is 0 Å². The minimum absolute atomic E-state index is 0.0107. The van der Waals surface area contributed by atoms with Gasteiger partial charge in [-0.2, -0.15) is 0 Å². The molecule has 0 aliphatic carbocycles. The van der Waals surface area contributed by atoms with E-state index in [-0.39, 0.29) is 12.0 Å². The number of nitrogens with one attached hydrogen (secondary N) is 2. The molecule has 0 atom stereocenters. The maximum absolute atomic E-state index is 11.0. The fourth-order valence-electron chi connectivity index (χ4n) is 0.938. The van der Waals surface area contributed by atoms with E-state index in [2.05, 4.69) is 10.6 Å². The van der Waals surface area contributed by atoms with Crippen molar-refractivity contribution in [2.75, 3.05) is 13.1 Å². The van der Waals surface area contributed by atoms with E-state index >= 15 is 0 Å². The number of carbonyl (C=O) groups excluding carboxylic acids is 2. The molecule has 0 aliphatic heterocycles. The lowest BCUT2D eigenvalue weighted by atomic mass is 10.3. The van der Waals surface area contributed by atoms with Crippen LogP contribution in [0, 0.1) is 0 Å². The van der Waals surface area contributed by atoms with Crippen LogP contribution in [0.4, 0.5) is 4.79 Å². The molecule has 0 bridgehead atoms. The summed E-state index contributed by atoms with van der Waals surface area (Å²) in [7, 11) is 0. The first-order valence-corrected chi connectivity index (χ1v) is 5.27. The Kier molecular flexibility index (Phi) is 7.40. The van der Waals surface area contributed by atoms with Crippen LogP contribution < -0.4 is 10.6 Å². The van der Waals surface area contributed by atoms with Crippen molar-refractivity contribution in [1.82, 2.24) is 10.6 Å². The molecule has 0 rings (SSSR count). The Morgan fingerprint density at radius 2 is 1.80 bits per heavy atom. The van der Waals surface area contributed by atoms with Gasteiger partial charge in [-0.3, -0.25) is 4.79 Å². The third kappa shape index (κ3) is 9.05. The van der Waals surface area contributed by atoms with E-state index in [0.29, 0.717) is 19.5 Å². The van der Waals surface area contributed by atoms with Gasteiger partial charge >= 0.3 is 6.09 Å². The van der Waals surface area contributed by atoms with Gasteiger partial charge in [0.1, 0.15) is 0 Å². The van der Waals surface area contributed by atoms with Crippen molar-refractivity contribution in [3.63, 3.8) is 0 Å². The zero-order valence-electron chi connectivity index (χ0n) is 9.63. The summed E-state index contributed by atoms with van der Waals surface area (Å²) in [4.78, 5) is 22.0. The summed E-state index contributed by atoms with van der Waals surface area (Å²) in [6.07, 6.45) is 0.778. The predicted octanol–water partition coefficient (Wildman–Crippen LogP) is 1.04. The molecule has 15 heavy (non-hydrogen) atoms. The maximum atomic E-state index is 11.0. The summed E-state index contributed by atoms with van der Waals surface area (Å²) < 4.78 is 4.84. The maximum Gasteiger partial charge on any atom is 0.407 e. The van der Waals surface area contributed by atoms with Crippen molar-refractivity contribution in [3.05, 3.63) is 0 Å². The molecule has 88 valence electrons. The fourth-order valence-corrected chi connectivity index (χ4v) is 0.938. The Hall–Kier alpha value is -1.26. The average Bonchev–Trinajstić information content (AvgIpc) is 2.12. The van der Waals surface area contributed by atoms with Crippen molar-refractivity contribution in [3.8, 4) is 0 Å². The normalized spacial score (nSPS) is 9.87. The highest BCUT2D eigenvalue weighted by Crippen LogP contribution is 1.87. The number of carbonyl (C=O) groups is 2. The SMILES string of the molecule is CCCC(=O)NCCNC(=O)OC(C)C. The van der Waals surface area contributed by atoms with Gasteiger partial charge in [0.15, 0.2) is 0 Å². The van der Waals surface area contributed by atoms with Crippen molar-refractivity contribution in [1.29, 1.82) is 0 Å². The molecular weight excluding hydrogens is 196 g/mol. The zero-order valence-corrected chi connectivity index (χ0v) is 9.63. The summed E-state index contributed by atoms with van der Waals surface area (Å²) in [6, 6.07) is 0. The highest BCUT2D eigenvalue weighted by Gasteiger charge is 2.03. The number of hydrogen-bond donors (Lipinski definition) is 2. The van der Waals surface area contributed by atoms with Gasteiger partial charge in [-0.1, -0.05) is 6.92 Å². The van der Waals surface area contributed by atoms with Gasteiger partial charge < -0.3 is 15.4 Å². The quantitative estimate of drug-likeness (QED) is 0.652. The Bertz CT molecular complexity index is 205. The van der Waals surface area contributed by atoms with Crippen molar-refractivity contribution >= 4 is 12.0 Å². The topological polar surface area (TPSA) is 67.4 Å². The standard InChI is InChI=1S/C10H20N2O3/c1-4-5-9(13)11-6-7-12-10(14)15-8(2)3/h8H,4-7H2,1-3H3,(H,11,13)(H,12,14). The Morgan fingerprint density at radius 1 is 1.20 bits per heavy atom. The smallest absolute Gasteiger partial charge is 0.407 e. The molecular formula is C10H20N2O3. The lowest BCUT2D eigenvalue weighted by Crippen LogP contribution is -2.35. The summed E-state index contributed by atoms with van der Waals surface area (Å²) in [6.45, 7) is 6.33. The second kappa shape index (κ2) is 8.08. The van der Waals surface area contributed by atoms with Gasteiger partial charge in [-0.15, -0.1) is 0 Å². The third-order valence-electron chi connectivity index (χ3n) is 1.54. The lowest BCUT2D eigenvalue weighted by molar-refractivity contribution is -0.121. The largest absolute Gasteiger partial charge is 0.447 e. The van der Waals surface area contributed by atoms with Crippen molar-refractivity contribution in [2.24, 2.45) is 0 Å². The highest BCUT2D eigenvalue weighted by atomic mass is 16.6. The number of amides is 2. The van der Waals surface area contributed by atoms with Gasteiger partial charge in [0, 0.05) is 19.5 Å². The third-order valence-corrected chi connectivity index (χ3v) is 1.54. The van der Waals surface area contributed by atoms with Crippen LogP contribution >= 0.6 is 0 Å². The van der Waals surface area contributed by atoms with Crippen molar-refractivity contribution < 1.29 is 14.3 Å². The Morgan fingerprint density at radius 3 is 2.33 bits per heavy atom. The molecule has 2 amide bonds. The molecule has 0 saturated carbocycles. The van der Waals surface area contributed by atoms with E-state index in [1.807, 2.05) is 6.92 Å². The Balaban J connectivity index is 3.38.